The molecule has 21 heavy (non-hydrogen) atoms. The predicted octanol–water partition coefficient (Wildman–Crippen LogP) is 1.62. The van der Waals surface area contributed by atoms with Gasteiger partial charge in [0.2, 0.25) is 5.71 Å². The molecule has 2 aromatic heterocycles. The van der Waals surface area contributed by atoms with Gasteiger partial charge in [0.25, 0.3) is 0 Å². The van der Waals surface area contributed by atoms with Crippen molar-refractivity contribution in [1.82, 2.24) is 14.9 Å². The lowest BCUT2D eigenvalue weighted by Crippen LogP contribution is -2.25. The minimum absolute atomic E-state index is 0.265. The van der Waals surface area contributed by atoms with E-state index in [0.717, 1.165) is 36.2 Å². The van der Waals surface area contributed by atoms with Crippen molar-refractivity contribution in [2.45, 2.75) is 39.8 Å². The zero-order valence-electron chi connectivity index (χ0n) is 12.8. The van der Waals surface area contributed by atoms with E-state index in [0.29, 0.717) is 29.8 Å². The number of aryl methyl sites for hydroxylation is 2. The lowest BCUT2D eigenvalue weighted by molar-refractivity contribution is 0.127. The Balaban J connectivity index is 1.82. The van der Waals surface area contributed by atoms with E-state index in [-0.39, 0.29) is 6.10 Å². The van der Waals surface area contributed by atoms with E-state index in [2.05, 4.69) is 14.9 Å². The van der Waals surface area contributed by atoms with E-state index in [1.54, 1.807) is 0 Å². The van der Waals surface area contributed by atoms with Crippen molar-refractivity contribution < 1.29 is 9.52 Å². The lowest BCUT2D eigenvalue weighted by Gasteiger charge is -2.16. The molecule has 0 aromatic carbocycles. The molecule has 0 spiro atoms. The molecule has 6 nitrogen and oxygen atoms in total. The van der Waals surface area contributed by atoms with Crippen LogP contribution in [0.15, 0.2) is 4.42 Å². The van der Waals surface area contributed by atoms with Crippen molar-refractivity contribution in [3.05, 3.63) is 17.1 Å². The van der Waals surface area contributed by atoms with Crippen LogP contribution in [0.25, 0.3) is 11.1 Å². The maximum atomic E-state index is 9.66. The van der Waals surface area contributed by atoms with Crippen molar-refractivity contribution >= 4 is 16.9 Å². The zero-order valence-corrected chi connectivity index (χ0v) is 12.8. The smallest absolute Gasteiger partial charge is 0.231 e. The summed E-state index contributed by atoms with van der Waals surface area (Å²) in [5.74, 6) is 2.33. The quantitative estimate of drug-likeness (QED) is 0.893. The summed E-state index contributed by atoms with van der Waals surface area (Å²) in [6, 6.07) is 0. The second-order valence-corrected chi connectivity index (χ2v) is 6.01. The van der Waals surface area contributed by atoms with Crippen molar-refractivity contribution in [2.24, 2.45) is 5.92 Å². The Morgan fingerprint density at radius 2 is 2.19 bits per heavy atom. The number of furan rings is 1. The zero-order chi connectivity index (χ0) is 15.1. The highest BCUT2D eigenvalue weighted by Gasteiger charge is 2.26. The van der Waals surface area contributed by atoms with Crippen molar-refractivity contribution in [2.75, 3.05) is 18.8 Å². The number of fused-ring (bicyclic) bond motifs is 1. The first kappa shape index (κ1) is 14.3. The Hall–Kier alpha value is -1.66. The van der Waals surface area contributed by atoms with Gasteiger partial charge >= 0.3 is 0 Å². The molecule has 3 N–H and O–H groups in total. The van der Waals surface area contributed by atoms with Gasteiger partial charge in [-0.05, 0) is 39.7 Å². The van der Waals surface area contributed by atoms with Crippen LogP contribution in [0.5, 0.6) is 0 Å². The van der Waals surface area contributed by atoms with E-state index in [1.807, 2.05) is 20.8 Å². The monoisotopic (exact) mass is 290 g/mol. The minimum Gasteiger partial charge on any atom is -0.443 e. The third kappa shape index (κ3) is 2.61. The minimum atomic E-state index is -0.265. The summed E-state index contributed by atoms with van der Waals surface area (Å²) in [7, 11) is 0. The van der Waals surface area contributed by atoms with Crippen LogP contribution < -0.4 is 5.73 Å². The van der Waals surface area contributed by atoms with Crippen molar-refractivity contribution in [1.29, 1.82) is 0 Å². The molecule has 1 aliphatic heterocycles. The van der Waals surface area contributed by atoms with Gasteiger partial charge in [0.05, 0.1) is 18.0 Å². The highest BCUT2D eigenvalue weighted by Crippen LogP contribution is 2.28. The largest absolute Gasteiger partial charge is 0.443 e. The van der Waals surface area contributed by atoms with Gasteiger partial charge in [-0.1, -0.05) is 0 Å². The molecule has 1 aliphatic rings. The Labute approximate surface area is 124 Å². The maximum absolute atomic E-state index is 9.66. The molecule has 0 aliphatic carbocycles. The van der Waals surface area contributed by atoms with Crippen molar-refractivity contribution in [3.63, 3.8) is 0 Å². The number of likely N-dealkylation sites (tertiary alicyclic amines) is 1. The number of aliphatic hydroxyl groups excluding tert-OH is 1. The molecule has 0 amide bonds. The third-order valence-electron chi connectivity index (χ3n) is 4.46. The third-order valence-corrected chi connectivity index (χ3v) is 4.46. The molecule has 0 saturated carbocycles. The van der Waals surface area contributed by atoms with Crippen LogP contribution >= 0.6 is 0 Å². The summed E-state index contributed by atoms with van der Waals surface area (Å²) in [6.07, 6.45) is 0.743. The standard InChI is InChI=1S/C15H22N4O2/c1-8-10(3)21-15-13(8)14(16)17-12(18-15)7-19-5-4-11(6-19)9(2)20/h9,11,20H,4-7H2,1-3H3,(H2,16,17,18). The number of nitrogens with two attached hydrogens (primary N) is 1. The summed E-state index contributed by atoms with van der Waals surface area (Å²) < 4.78 is 5.65. The average Bonchev–Trinajstić information content (AvgIpc) is 2.96. The number of rotatable bonds is 3. The molecule has 0 bridgehead atoms. The van der Waals surface area contributed by atoms with Crippen LogP contribution in [0.4, 0.5) is 5.82 Å². The van der Waals surface area contributed by atoms with Crippen LogP contribution in [0.2, 0.25) is 0 Å². The molecule has 2 atom stereocenters. The van der Waals surface area contributed by atoms with Crippen LogP contribution in [0.3, 0.4) is 0 Å². The van der Waals surface area contributed by atoms with Gasteiger partial charge in [0, 0.05) is 12.1 Å². The van der Waals surface area contributed by atoms with Gasteiger partial charge in [-0.2, -0.15) is 4.98 Å². The van der Waals surface area contributed by atoms with Gasteiger partial charge < -0.3 is 15.3 Å². The number of anilines is 1. The lowest BCUT2D eigenvalue weighted by atomic mass is 10.0. The summed E-state index contributed by atoms with van der Waals surface area (Å²) in [5.41, 5.74) is 7.62. The van der Waals surface area contributed by atoms with Gasteiger partial charge in [0.15, 0.2) is 0 Å². The first-order valence-corrected chi connectivity index (χ1v) is 7.38. The van der Waals surface area contributed by atoms with E-state index in [4.69, 9.17) is 10.2 Å². The van der Waals surface area contributed by atoms with Gasteiger partial charge in [-0.25, -0.2) is 4.98 Å². The number of aromatic nitrogens is 2. The first-order chi connectivity index (χ1) is 9.95. The summed E-state index contributed by atoms with van der Waals surface area (Å²) >= 11 is 0. The van der Waals surface area contributed by atoms with Crippen molar-refractivity contribution in [3.8, 4) is 0 Å². The molecule has 6 heteroatoms. The molecule has 0 radical (unpaired) electrons. The summed E-state index contributed by atoms with van der Waals surface area (Å²) in [4.78, 5) is 11.2. The van der Waals surface area contributed by atoms with E-state index in [9.17, 15) is 5.11 Å². The molecule has 1 fully saturated rings. The van der Waals surface area contributed by atoms with Crippen LogP contribution in [-0.4, -0.2) is 39.2 Å². The normalized spacial score (nSPS) is 21.2. The molecular weight excluding hydrogens is 268 g/mol. The molecular formula is C15H22N4O2. The first-order valence-electron chi connectivity index (χ1n) is 7.38. The number of nitrogen functional groups attached to an aromatic ring is 1. The predicted molar refractivity (Wildman–Crippen MR) is 80.8 cm³/mol. The molecule has 3 heterocycles. The summed E-state index contributed by atoms with van der Waals surface area (Å²) in [6.45, 7) is 8.19. The van der Waals surface area contributed by atoms with Gasteiger partial charge in [-0.15, -0.1) is 0 Å². The van der Waals surface area contributed by atoms with Crippen LogP contribution in [0, 0.1) is 19.8 Å². The highest BCUT2D eigenvalue weighted by atomic mass is 16.3. The fourth-order valence-electron chi connectivity index (χ4n) is 3.00. The number of hydrogen-bond donors (Lipinski definition) is 2. The molecule has 3 rings (SSSR count). The fourth-order valence-corrected chi connectivity index (χ4v) is 3.00. The SMILES string of the molecule is Cc1oc2nc(CN3CCC(C(C)O)C3)nc(N)c2c1C. The Morgan fingerprint density at radius 1 is 1.43 bits per heavy atom. The molecule has 1 saturated heterocycles. The van der Waals surface area contributed by atoms with Gasteiger partial charge in [-0.3, -0.25) is 4.90 Å². The van der Waals surface area contributed by atoms with Crippen LogP contribution in [-0.2, 0) is 6.54 Å². The Bertz CT molecular complexity index is 665. The van der Waals surface area contributed by atoms with Crippen LogP contribution in [0.1, 0.15) is 30.5 Å². The highest BCUT2D eigenvalue weighted by molar-refractivity contribution is 5.88. The van der Waals surface area contributed by atoms with Gasteiger partial charge in [0.1, 0.15) is 17.4 Å². The Morgan fingerprint density at radius 3 is 2.86 bits per heavy atom. The van der Waals surface area contributed by atoms with E-state index >= 15 is 0 Å². The maximum Gasteiger partial charge on any atom is 0.231 e. The Kier molecular flexibility index (Phi) is 3.59. The number of aliphatic hydroxyl groups is 1. The van der Waals surface area contributed by atoms with E-state index in [1.165, 1.54) is 0 Å². The number of nitrogens with zero attached hydrogens (tertiary/aromatic N) is 3. The molecule has 2 unspecified atom stereocenters. The molecule has 114 valence electrons. The second-order valence-electron chi connectivity index (χ2n) is 6.01. The number of hydrogen-bond acceptors (Lipinski definition) is 6. The van der Waals surface area contributed by atoms with E-state index < -0.39 is 0 Å². The average molecular weight is 290 g/mol. The fraction of sp³-hybridized carbons (Fsp3) is 0.600. The summed E-state index contributed by atoms with van der Waals surface area (Å²) in [5, 5.41) is 10.5. The second kappa shape index (κ2) is 5.27. The topological polar surface area (TPSA) is 88.4 Å². The molecule has 2 aromatic rings.